The molecule has 1 atom stereocenters. The normalized spacial score (nSPS) is 20.2. The molecule has 16 heavy (non-hydrogen) atoms. The van der Waals surface area contributed by atoms with Crippen LogP contribution < -0.4 is 5.73 Å². The monoisotopic (exact) mass is 238 g/mol. The highest BCUT2D eigenvalue weighted by Crippen LogP contribution is 2.21. The van der Waals surface area contributed by atoms with Crippen LogP contribution in [0, 0.1) is 0 Å². The highest BCUT2D eigenvalue weighted by atomic mass is 32.2. The molecule has 1 aliphatic rings. The van der Waals surface area contributed by atoms with E-state index in [0.717, 1.165) is 23.8 Å². The summed E-state index contributed by atoms with van der Waals surface area (Å²) in [6.45, 7) is 1.46. The van der Waals surface area contributed by atoms with E-state index in [9.17, 15) is 0 Å². The molecular weight excluding hydrogens is 220 g/mol. The Morgan fingerprint density at radius 3 is 3.25 bits per heavy atom. The van der Waals surface area contributed by atoms with Crippen LogP contribution in [-0.2, 0) is 17.0 Å². The number of nitrogens with two attached hydrogens (primary N) is 1. The number of nitrogens with zero attached hydrogens (tertiary/aromatic N) is 1. The Labute approximate surface area is 101 Å². The molecule has 1 saturated heterocycles. The van der Waals surface area contributed by atoms with Gasteiger partial charge >= 0.3 is 0 Å². The molecule has 2 rings (SSSR count). The van der Waals surface area contributed by atoms with Gasteiger partial charge in [0.25, 0.3) is 0 Å². The number of rotatable bonds is 5. The number of pyridine rings is 1. The van der Waals surface area contributed by atoms with Crippen molar-refractivity contribution in [3.63, 3.8) is 0 Å². The molecule has 0 bridgehead atoms. The lowest BCUT2D eigenvalue weighted by Gasteiger charge is -2.10. The molecule has 0 aromatic carbocycles. The Balaban J connectivity index is 1.79. The maximum Gasteiger partial charge on any atom is 0.0666 e. The van der Waals surface area contributed by atoms with Crippen LogP contribution in [0.1, 0.15) is 24.1 Å². The second kappa shape index (κ2) is 6.23. The van der Waals surface area contributed by atoms with Crippen molar-refractivity contribution in [1.82, 2.24) is 4.98 Å². The molecule has 0 aliphatic carbocycles. The molecular formula is C12H18N2OS. The Morgan fingerprint density at radius 2 is 2.50 bits per heavy atom. The Bertz CT molecular complexity index is 327. The fourth-order valence-corrected chi connectivity index (χ4v) is 2.99. The maximum atomic E-state index is 5.65. The van der Waals surface area contributed by atoms with Crippen molar-refractivity contribution >= 4 is 11.8 Å². The van der Waals surface area contributed by atoms with Gasteiger partial charge in [0.15, 0.2) is 0 Å². The molecule has 2 N–H and O–H groups in total. The molecule has 0 saturated carbocycles. The largest absolute Gasteiger partial charge is 0.377 e. The molecule has 0 spiro atoms. The van der Waals surface area contributed by atoms with Gasteiger partial charge in [-0.15, -0.1) is 0 Å². The predicted molar refractivity (Wildman–Crippen MR) is 67.3 cm³/mol. The topological polar surface area (TPSA) is 48.1 Å². The van der Waals surface area contributed by atoms with Gasteiger partial charge in [-0.3, -0.25) is 4.98 Å². The summed E-state index contributed by atoms with van der Waals surface area (Å²) in [6.07, 6.45) is 4.69. The zero-order valence-electron chi connectivity index (χ0n) is 9.39. The summed E-state index contributed by atoms with van der Waals surface area (Å²) in [5.41, 5.74) is 7.92. The van der Waals surface area contributed by atoms with E-state index in [0.29, 0.717) is 12.6 Å². The number of thioether (sulfide) groups is 1. The Morgan fingerprint density at radius 1 is 1.56 bits per heavy atom. The zero-order chi connectivity index (χ0) is 11.2. The van der Waals surface area contributed by atoms with E-state index in [-0.39, 0.29) is 0 Å². The second-order valence-electron chi connectivity index (χ2n) is 3.96. The fourth-order valence-electron chi connectivity index (χ4n) is 1.86. The Kier molecular flexibility index (Phi) is 4.63. The van der Waals surface area contributed by atoms with Gasteiger partial charge in [-0.1, -0.05) is 6.07 Å². The quantitative estimate of drug-likeness (QED) is 0.852. The highest BCUT2D eigenvalue weighted by Gasteiger charge is 2.15. The van der Waals surface area contributed by atoms with E-state index in [2.05, 4.69) is 11.1 Å². The van der Waals surface area contributed by atoms with Crippen molar-refractivity contribution in [2.24, 2.45) is 5.73 Å². The summed E-state index contributed by atoms with van der Waals surface area (Å²) in [6, 6.07) is 4.08. The van der Waals surface area contributed by atoms with E-state index in [1.165, 1.54) is 18.4 Å². The van der Waals surface area contributed by atoms with Crippen molar-refractivity contribution in [2.75, 3.05) is 12.4 Å². The predicted octanol–water partition coefficient (Wildman–Crippen LogP) is 1.95. The van der Waals surface area contributed by atoms with Crippen LogP contribution in [-0.4, -0.2) is 23.4 Å². The molecule has 1 unspecified atom stereocenters. The SMILES string of the molecule is NCc1ncccc1CSCC1CCCO1. The average molecular weight is 238 g/mol. The van der Waals surface area contributed by atoms with Crippen molar-refractivity contribution in [3.05, 3.63) is 29.6 Å². The first-order valence-electron chi connectivity index (χ1n) is 5.72. The van der Waals surface area contributed by atoms with E-state index < -0.39 is 0 Å². The third kappa shape index (κ3) is 3.20. The molecule has 88 valence electrons. The average Bonchev–Trinajstić information content (AvgIpc) is 2.83. The van der Waals surface area contributed by atoms with E-state index in [1.54, 1.807) is 6.20 Å². The lowest BCUT2D eigenvalue weighted by molar-refractivity contribution is 0.129. The van der Waals surface area contributed by atoms with E-state index >= 15 is 0 Å². The van der Waals surface area contributed by atoms with Crippen LogP contribution in [0.5, 0.6) is 0 Å². The summed E-state index contributed by atoms with van der Waals surface area (Å²) in [4.78, 5) is 4.28. The van der Waals surface area contributed by atoms with Gasteiger partial charge in [0, 0.05) is 30.9 Å². The van der Waals surface area contributed by atoms with E-state index in [4.69, 9.17) is 10.5 Å². The smallest absolute Gasteiger partial charge is 0.0666 e. The summed E-state index contributed by atoms with van der Waals surface area (Å²) in [5.74, 6) is 2.07. The Hall–Kier alpha value is -0.580. The van der Waals surface area contributed by atoms with Crippen LogP contribution in [0.15, 0.2) is 18.3 Å². The summed E-state index contributed by atoms with van der Waals surface area (Å²) in [7, 11) is 0. The lowest BCUT2D eigenvalue weighted by Crippen LogP contribution is -2.09. The fraction of sp³-hybridized carbons (Fsp3) is 0.583. The number of aromatic nitrogens is 1. The molecule has 1 fully saturated rings. The number of hydrogen-bond donors (Lipinski definition) is 1. The van der Waals surface area contributed by atoms with Crippen LogP contribution in [0.25, 0.3) is 0 Å². The summed E-state index contributed by atoms with van der Waals surface area (Å²) < 4.78 is 5.59. The minimum absolute atomic E-state index is 0.461. The van der Waals surface area contributed by atoms with Gasteiger partial charge in [0.2, 0.25) is 0 Å². The van der Waals surface area contributed by atoms with Crippen molar-refractivity contribution in [1.29, 1.82) is 0 Å². The molecule has 3 nitrogen and oxygen atoms in total. The molecule has 1 aromatic heterocycles. The van der Waals surface area contributed by atoms with Crippen LogP contribution >= 0.6 is 11.8 Å². The lowest BCUT2D eigenvalue weighted by atomic mass is 10.2. The van der Waals surface area contributed by atoms with Gasteiger partial charge in [-0.05, 0) is 24.5 Å². The minimum Gasteiger partial charge on any atom is -0.377 e. The summed E-state index contributed by atoms with van der Waals surface area (Å²) in [5, 5.41) is 0. The van der Waals surface area contributed by atoms with Gasteiger partial charge < -0.3 is 10.5 Å². The molecule has 2 heterocycles. The highest BCUT2D eigenvalue weighted by molar-refractivity contribution is 7.98. The van der Waals surface area contributed by atoms with Crippen molar-refractivity contribution in [2.45, 2.75) is 31.2 Å². The van der Waals surface area contributed by atoms with E-state index in [1.807, 2.05) is 17.8 Å². The summed E-state index contributed by atoms with van der Waals surface area (Å²) >= 11 is 1.91. The minimum atomic E-state index is 0.461. The van der Waals surface area contributed by atoms with Gasteiger partial charge in [-0.2, -0.15) is 11.8 Å². The van der Waals surface area contributed by atoms with Gasteiger partial charge in [-0.25, -0.2) is 0 Å². The molecule has 1 aromatic rings. The zero-order valence-corrected chi connectivity index (χ0v) is 10.2. The van der Waals surface area contributed by atoms with Crippen LogP contribution in [0.2, 0.25) is 0 Å². The van der Waals surface area contributed by atoms with Crippen LogP contribution in [0.4, 0.5) is 0 Å². The standard InChI is InChI=1S/C12H18N2OS/c13-7-12-10(3-1-5-14-12)8-16-9-11-4-2-6-15-11/h1,3,5,11H,2,4,6-9,13H2. The van der Waals surface area contributed by atoms with Crippen molar-refractivity contribution < 1.29 is 4.74 Å². The third-order valence-corrected chi connectivity index (χ3v) is 3.89. The molecule has 4 heteroatoms. The maximum absolute atomic E-state index is 5.65. The first-order chi connectivity index (χ1) is 7.90. The molecule has 1 aliphatic heterocycles. The van der Waals surface area contributed by atoms with Crippen molar-refractivity contribution in [3.8, 4) is 0 Å². The number of hydrogen-bond acceptors (Lipinski definition) is 4. The van der Waals surface area contributed by atoms with Gasteiger partial charge in [0.05, 0.1) is 11.8 Å². The first kappa shape index (κ1) is 11.9. The molecule has 0 radical (unpaired) electrons. The first-order valence-corrected chi connectivity index (χ1v) is 6.88. The number of ether oxygens (including phenoxy) is 1. The van der Waals surface area contributed by atoms with Gasteiger partial charge in [0.1, 0.15) is 0 Å². The second-order valence-corrected chi connectivity index (χ2v) is 4.99. The van der Waals surface area contributed by atoms with Crippen LogP contribution in [0.3, 0.4) is 0 Å². The molecule has 0 amide bonds. The third-order valence-electron chi connectivity index (χ3n) is 2.76.